The van der Waals surface area contributed by atoms with E-state index in [0.29, 0.717) is 18.2 Å². The molecule has 98 valence electrons. The molecular weight excluding hydrogens is 256 g/mol. The van der Waals surface area contributed by atoms with E-state index in [1.54, 1.807) is 12.3 Å². The van der Waals surface area contributed by atoms with Crippen LogP contribution in [0, 0.1) is 0 Å². The molecule has 0 radical (unpaired) electrons. The number of methoxy groups -OCH3 is 1. The van der Waals surface area contributed by atoms with E-state index in [4.69, 9.17) is 16.3 Å². The molecule has 1 aromatic heterocycles. The Morgan fingerprint density at radius 2 is 2.50 bits per heavy atom. The molecule has 0 aromatic carbocycles. The molecule has 1 aliphatic rings. The maximum absolute atomic E-state index is 11.2. The number of nitrogens with zero attached hydrogens (tertiary/aromatic N) is 2. The van der Waals surface area contributed by atoms with Gasteiger partial charge in [-0.1, -0.05) is 11.6 Å². The molecule has 0 aliphatic carbocycles. The van der Waals surface area contributed by atoms with Crippen LogP contribution < -0.4 is 4.90 Å². The summed E-state index contributed by atoms with van der Waals surface area (Å²) in [5, 5.41) is 0.609. The smallest absolute Gasteiger partial charge is 0.308 e. The molecule has 1 atom stereocenters. The summed E-state index contributed by atoms with van der Waals surface area (Å²) in [5.41, 5.74) is 0. The Kier molecular flexibility index (Phi) is 4.38. The van der Waals surface area contributed by atoms with Crippen LogP contribution >= 0.6 is 11.6 Å². The van der Waals surface area contributed by atoms with Gasteiger partial charge in [0.25, 0.3) is 0 Å². The zero-order valence-electron chi connectivity index (χ0n) is 10.1. The molecule has 1 saturated heterocycles. The van der Waals surface area contributed by atoms with E-state index in [0.717, 1.165) is 12.4 Å². The lowest BCUT2D eigenvalue weighted by Gasteiger charge is -2.33. The van der Waals surface area contributed by atoms with Gasteiger partial charge in [0.2, 0.25) is 0 Å². The van der Waals surface area contributed by atoms with Gasteiger partial charge >= 0.3 is 5.97 Å². The Balaban J connectivity index is 1.98. The molecule has 5 nitrogen and oxygen atoms in total. The fraction of sp³-hybridized carbons (Fsp3) is 0.500. The van der Waals surface area contributed by atoms with Crippen molar-refractivity contribution < 1.29 is 14.3 Å². The van der Waals surface area contributed by atoms with Crippen LogP contribution in [0.25, 0.3) is 0 Å². The first-order chi connectivity index (χ1) is 8.69. The van der Waals surface area contributed by atoms with Crippen LogP contribution in [0.2, 0.25) is 5.02 Å². The molecule has 18 heavy (non-hydrogen) atoms. The summed E-state index contributed by atoms with van der Waals surface area (Å²) in [5.74, 6) is 0.587. The van der Waals surface area contributed by atoms with E-state index in [-0.39, 0.29) is 18.5 Å². The number of hydrogen-bond donors (Lipinski definition) is 0. The number of aromatic nitrogens is 1. The normalized spacial score (nSPS) is 19.7. The van der Waals surface area contributed by atoms with Gasteiger partial charge in [-0.25, -0.2) is 4.98 Å². The highest BCUT2D eigenvalue weighted by Crippen LogP contribution is 2.18. The van der Waals surface area contributed by atoms with E-state index in [1.807, 2.05) is 6.07 Å². The molecule has 1 fully saturated rings. The van der Waals surface area contributed by atoms with Crippen molar-refractivity contribution in [1.29, 1.82) is 0 Å². The highest BCUT2D eigenvalue weighted by molar-refractivity contribution is 6.30. The van der Waals surface area contributed by atoms with Crippen molar-refractivity contribution in [2.75, 3.05) is 31.7 Å². The highest BCUT2D eigenvalue weighted by Gasteiger charge is 2.23. The zero-order chi connectivity index (χ0) is 13.0. The van der Waals surface area contributed by atoms with Gasteiger partial charge in [-0.2, -0.15) is 0 Å². The topological polar surface area (TPSA) is 51.7 Å². The Labute approximate surface area is 111 Å². The summed E-state index contributed by atoms with van der Waals surface area (Å²) >= 11 is 5.80. The fourth-order valence-corrected chi connectivity index (χ4v) is 1.99. The summed E-state index contributed by atoms with van der Waals surface area (Å²) in [4.78, 5) is 17.5. The van der Waals surface area contributed by atoms with Gasteiger partial charge in [0.05, 0.1) is 31.3 Å². The third kappa shape index (κ3) is 3.34. The molecule has 0 bridgehead atoms. The molecule has 0 spiro atoms. The number of rotatable bonds is 3. The van der Waals surface area contributed by atoms with E-state index < -0.39 is 0 Å². The molecule has 2 heterocycles. The Morgan fingerprint density at radius 1 is 1.67 bits per heavy atom. The number of anilines is 1. The largest absolute Gasteiger partial charge is 0.469 e. The van der Waals surface area contributed by atoms with Crippen molar-refractivity contribution in [1.82, 2.24) is 4.98 Å². The number of hydrogen-bond acceptors (Lipinski definition) is 5. The lowest BCUT2D eigenvalue weighted by Crippen LogP contribution is -2.43. The van der Waals surface area contributed by atoms with Gasteiger partial charge in [-0.3, -0.25) is 4.79 Å². The minimum Gasteiger partial charge on any atom is -0.469 e. The molecule has 0 amide bonds. The molecule has 2 rings (SSSR count). The molecule has 1 aliphatic heterocycles. The number of carbonyl (C=O) groups excluding carboxylic acids is 1. The molecular formula is C12H15ClN2O3. The predicted molar refractivity (Wildman–Crippen MR) is 67.8 cm³/mol. The van der Waals surface area contributed by atoms with Gasteiger partial charge in [0.15, 0.2) is 0 Å². The minimum absolute atomic E-state index is 0.149. The zero-order valence-corrected chi connectivity index (χ0v) is 10.9. The average Bonchev–Trinajstić information content (AvgIpc) is 2.40. The van der Waals surface area contributed by atoms with Gasteiger partial charge in [0.1, 0.15) is 5.82 Å². The van der Waals surface area contributed by atoms with E-state index in [9.17, 15) is 4.79 Å². The van der Waals surface area contributed by atoms with Crippen LogP contribution in [0.15, 0.2) is 18.3 Å². The van der Waals surface area contributed by atoms with Gasteiger partial charge in [-0.05, 0) is 12.1 Å². The number of morpholine rings is 1. The second-order valence-electron chi connectivity index (χ2n) is 4.05. The molecule has 1 aromatic rings. The summed E-state index contributed by atoms with van der Waals surface area (Å²) in [6, 6.07) is 3.66. The highest BCUT2D eigenvalue weighted by atomic mass is 35.5. The van der Waals surface area contributed by atoms with Crippen LogP contribution in [0.1, 0.15) is 6.42 Å². The lowest BCUT2D eigenvalue weighted by atomic mass is 10.2. The molecule has 6 heteroatoms. The maximum Gasteiger partial charge on any atom is 0.308 e. The first-order valence-corrected chi connectivity index (χ1v) is 6.12. The summed E-state index contributed by atoms with van der Waals surface area (Å²) in [6.45, 7) is 1.96. The first-order valence-electron chi connectivity index (χ1n) is 5.74. The predicted octanol–water partition coefficient (Wildman–Crippen LogP) is 1.50. The number of esters is 1. The minimum atomic E-state index is -0.258. The van der Waals surface area contributed by atoms with E-state index >= 15 is 0 Å². The molecule has 0 saturated carbocycles. The monoisotopic (exact) mass is 270 g/mol. The van der Waals surface area contributed by atoms with E-state index in [2.05, 4.69) is 14.6 Å². The van der Waals surface area contributed by atoms with Gasteiger partial charge in [0, 0.05) is 19.3 Å². The summed E-state index contributed by atoms with van der Waals surface area (Å²) in [7, 11) is 1.38. The second-order valence-corrected chi connectivity index (χ2v) is 4.49. The summed E-state index contributed by atoms with van der Waals surface area (Å²) < 4.78 is 10.2. The third-order valence-electron chi connectivity index (χ3n) is 2.80. The Bertz CT molecular complexity index is 410. The van der Waals surface area contributed by atoms with Crippen molar-refractivity contribution in [2.45, 2.75) is 12.5 Å². The average molecular weight is 271 g/mol. The second kappa shape index (κ2) is 6.02. The lowest BCUT2D eigenvalue weighted by molar-refractivity contribution is -0.144. The standard InChI is InChI=1S/C12H15ClN2O3/c1-17-12(16)6-10-8-15(4-5-18-10)11-3-2-9(13)7-14-11/h2-3,7,10H,4-6,8H2,1H3. The van der Waals surface area contributed by atoms with Gasteiger partial charge in [-0.15, -0.1) is 0 Å². The van der Waals surface area contributed by atoms with Crippen molar-refractivity contribution in [3.63, 3.8) is 0 Å². The maximum atomic E-state index is 11.2. The fourth-order valence-electron chi connectivity index (χ4n) is 1.88. The molecule has 1 unspecified atom stereocenters. The van der Waals surface area contributed by atoms with Crippen molar-refractivity contribution in [3.05, 3.63) is 23.4 Å². The van der Waals surface area contributed by atoms with Gasteiger partial charge < -0.3 is 14.4 Å². The SMILES string of the molecule is COC(=O)CC1CN(c2ccc(Cl)cn2)CCO1. The summed E-state index contributed by atoms with van der Waals surface area (Å²) in [6.07, 6.45) is 1.73. The Hall–Kier alpha value is -1.33. The van der Waals surface area contributed by atoms with E-state index in [1.165, 1.54) is 7.11 Å². The third-order valence-corrected chi connectivity index (χ3v) is 3.02. The number of pyridine rings is 1. The molecule has 0 N–H and O–H groups in total. The number of ether oxygens (including phenoxy) is 2. The van der Waals surface area contributed by atoms with Crippen LogP contribution in [0.5, 0.6) is 0 Å². The Morgan fingerprint density at radius 3 is 3.17 bits per heavy atom. The van der Waals surface area contributed by atoms with Crippen molar-refractivity contribution in [3.8, 4) is 0 Å². The number of halogens is 1. The van der Waals surface area contributed by atoms with Crippen LogP contribution in [-0.4, -0.2) is 43.9 Å². The number of carbonyl (C=O) groups is 1. The first kappa shape index (κ1) is 13.1. The van der Waals surface area contributed by atoms with Crippen molar-refractivity contribution >= 4 is 23.4 Å². The quantitative estimate of drug-likeness (QED) is 0.779. The van der Waals surface area contributed by atoms with Crippen molar-refractivity contribution in [2.24, 2.45) is 0 Å². The van der Waals surface area contributed by atoms with Crippen LogP contribution in [-0.2, 0) is 14.3 Å². The van der Waals surface area contributed by atoms with Crippen LogP contribution in [0.3, 0.4) is 0 Å². The van der Waals surface area contributed by atoms with Crippen LogP contribution in [0.4, 0.5) is 5.82 Å².